The Morgan fingerprint density at radius 2 is 1.59 bits per heavy atom. The van der Waals surface area contributed by atoms with Crippen molar-refractivity contribution < 1.29 is 19.2 Å². The van der Waals surface area contributed by atoms with Crippen molar-refractivity contribution in [1.82, 2.24) is 15.1 Å². The average molecular weight is 436 g/mol. The highest BCUT2D eigenvalue weighted by Gasteiger charge is 2.33. The van der Waals surface area contributed by atoms with Crippen molar-refractivity contribution in [3.63, 3.8) is 0 Å². The van der Waals surface area contributed by atoms with Crippen LogP contribution in [0.4, 0.5) is 0 Å². The highest BCUT2D eigenvalue weighted by molar-refractivity contribution is 6.25. The molecule has 0 aliphatic carbocycles. The fourth-order valence-corrected chi connectivity index (χ4v) is 4.62. The Labute approximate surface area is 187 Å². The number of likely N-dealkylation sites (tertiary alicyclic amines) is 1. The molecular formula is C25H29N3O4. The van der Waals surface area contributed by atoms with E-state index >= 15 is 0 Å². The molecule has 32 heavy (non-hydrogen) atoms. The van der Waals surface area contributed by atoms with Crippen LogP contribution in [0.3, 0.4) is 0 Å². The van der Waals surface area contributed by atoms with Gasteiger partial charge in [0.1, 0.15) is 0 Å². The molecular weight excluding hydrogens is 406 g/mol. The summed E-state index contributed by atoms with van der Waals surface area (Å²) >= 11 is 0. The van der Waals surface area contributed by atoms with Crippen LogP contribution in [0.5, 0.6) is 0 Å². The molecule has 0 atom stereocenters. The van der Waals surface area contributed by atoms with E-state index in [1.807, 2.05) is 38.1 Å². The van der Waals surface area contributed by atoms with Gasteiger partial charge in [0.15, 0.2) is 0 Å². The van der Waals surface area contributed by atoms with Gasteiger partial charge in [0.25, 0.3) is 11.8 Å². The molecule has 2 aromatic carbocycles. The highest BCUT2D eigenvalue weighted by atomic mass is 16.2. The van der Waals surface area contributed by atoms with Gasteiger partial charge in [0.2, 0.25) is 11.8 Å². The van der Waals surface area contributed by atoms with Crippen molar-refractivity contribution in [1.29, 1.82) is 0 Å². The lowest BCUT2D eigenvalue weighted by Gasteiger charge is -2.32. The van der Waals surface area contributed by atoms with Gasteiger partial charge in [0.05, 0.1) is 0 Å². The Morgan fingerprint density at radius 3 is 2.16 bits per heavy atom. The molecule has 1 N–H and O–H groups in total. The predicted molar refractivity (Wildman–Crippen MR) is 121 cm³/mol. The largest absolute Gasteiger partial charge is 0.354 e. The zero-order chi connectivity index (χ0) is 22.8. The number of benzene rings is 2. The van der Waals surface area contributed by atoms with Crippen LogP contribution in [0.1, 0.15) is 60.2 Å². The summed E-state index contributed by atoms with van der Waals surface area (Å²) in [6, 6.07) is 11.0. The maximum atomic E-state index is 12.9. The van der Waals surface area contributed by atoms with Crippen LogP contribution in [0, 0.1) is 5.92 Å². The van der Waals surface area contributed by atoms with E-state index in [0.717, 1.165) is 5.39 Å². The van der Waals surface area contributed by atoms with Crippen LogP contribution in [0.25, 0.3) is 10.8 Å². The molecule has 0 saturated carbocycles. The van der Waals surface area contributed by atoms with E-state index in [2.05, 4.69) is 5.32 Å². The van der Waals surface area contributed by atoms with E-state index in [-0.39, 0.29) is 48.6 Å². The predicted octanol–water partition coefficient (Wildman–Crippen LogP) is 2.98. The van der Waals surface area contributed by atoms with E-state index in [1.165, 1.54) is 4.90 Å². The number of nitrogens with zero attached hydrogens (tertiary/aromatic N) is 2. The molecule has 2 aliphatic heterocycles. The molecule has 0 aromatic heterocycles. The van der Waals surface area contributed by atoms with E-state index in [1.54, 1.807) is 17.0 Å². The summed E-state index contributed by atoms with van der Waals surface area (Å²) in [5.41, 5.74) is 1.07. The normalized spacial score (nSPS) is 16.7. The van der Waals surface area contributed by atoms with Crippen molar-refractivity contribution in [2.75, 3.05) is 19.6 Å². The van der Waals surface area contributed by atoms with Crippen LogP contribution >= 0.6 is 0 Å². The van der Waals surface area contributed by atoms with Gasteiger partial charge in [-0.05, 0) is 50.6 Å². The van der Waals surface area contributed by atoms with Crippen molar-refractivity contribution in [3.8, 4) is 0 Å². The summed E-state index contributed by atoms with van der Waals surface area (Å²) < 4.78 is 0. The van der Waals surface area contributed by atoms with Crippen LogP contribution in [-0.2, 0) is 9.59 Å². The van der Waals surface area contributed by atoms with Crippen molar-refractivity contribution in [2.45, 2.75) is 45.6 Å². The zero-order valence-electron chi connectivity index (χ0n) is 18.6. The minimum absolute atomic E-state index is 0.00660. The molecule has 7 nitrogen and oxygen atoms in total. The summed E-state index contributed by atoms with van der Waals surface area (Å²) in [5.74, 6) is -0.586. The molecule has 1 saturated heterocycles. The Morgan fingerprint density at radius 1 is 1.00 bits per heavy atom. The van der Waals surface area contributed by atoms with Gasteiger partial charge in [-0.15, -0.1) is 0 Å². The minimum Gasteiger partial charge on any atom is -0.354 e. The van der Waals surface area contributed by atoms with Crippen LogP contribution < -0.4 is 5.32 Å². The van der Waals surface area contributed by atoms with Gasteiger partial charge < -0.3 is 10.2 Å². The second kappa shape index (κ2) is 9.10. The Bertz CT molecular complexity index is 1020. The number of carbonyl (C=O) groups is 4. The number of carbonyl (C=O) groups excluding carboxylic acids is 4. The summed E-state index contributed by atoms with van der Waals surface area (Å²) in [7, 11) is 0. The minimum atomic E-state index is -0.302. The van der Waals surface area contributed by atoms with E-state index < -0.39 is 0 Å². The Balaban J connectivity index is 1.31. The molecule has 2 heterocycles. The fourth-order valence-electron chi connectivity index (χ4n) is 4.62. The Hall–Kier alpha value is -3.22. The quantitative estimate of drug-likeness (QED) is 0.707. The molecule has 1 fully saturated rings. The first-order valence-electron chi connectivity index (χ1n) is 11.3. The van der Waals surface area contributed by atoms with E-state index in [0.29, 0.717) is 48.9 Å². The van der Waals surface area contributed by atoms with E-state index in [9.17, 15) is 19.2 Å². The first-order valence-corrected chi connectivity index (χ1v) is 11.3. The maximum absolute atomic E-state index is 12.9. The lowest BCUT2D eigenvalue weighted by molar-refractivity contribution is -0.135. The molecule has 2 aromatic rings. The summed E-state index contributed by atoms with van der Waals surface area (Å²) in [4.78, 5) is 53.7. The Kier molecular flexibility index (Phi) is 6.26. The zero-order valence-corrected chi connectivity index (χ0v) is 18.6. The van der Waals surface area contributed by atoms with Gasteiger partial charge in [-0.2, -0.15) is 0 Å². The van der Waals surface area contributed by atoms with Crippen molar-refractivity contribution >= 4 is 34.4 Å². The first-order chi connectivity index (χ1) is 15.4. The third-order valence-electron chi connectivity index (χ3n) is 6.28. The fraction of sp³-hybridized carbons (Fsp3) is 0.440. The number of amides is 4. The number of imide groups is 1. The SMILES string of the molecule is CC(C)NC(=O)C1CCN(C(=O)CCCN2C(=O)c3cccc4cccc(c34)C2=O)CC1. The van der Waals surface area contributed by atoms with Gasteiger partial charge in [0, 0.05) is 54.5 Å². The molecule has 0 radical (unpaired) electrons. The monoisotopic (exact) mass is 435 g/mol. The lowest BCUT2D eigenvalue weighted by atomic mass is 9.94. The van der Waals surface area contributed by atoms with Crippen molar-refractivity contribution in [3.05, 3.63) is 47.5 Å². The molecule has 4 rings (SSSR count). The second-order valence-electron chi connectivity index (χ2n) is 8.89. The van der Waals surface area contributed by atoms with Crippen LogP contribution in [0.15, 0.2) is 36.4 Å². The number of rotatable bonds is 6. The third-order valence-corrected chi connectivity index (χ3v) is 6.28. The van der Waals surface area contributed by atoms with Crippen LogP contribution in [-0.4, -0.2) is 59.1 Å². The maximum Gasteiger partial charge on any atom is 0.261 e. The number of nitrogens with one attached hydrogen (secondary N) is 1. The molecule has 7 heteroatoms. The molecule has 0 unspecified atom stereocenters. The lowest BCUT2D eigenvalue weighted by Crippen LogP contribution is -2.44. The van der Waals surface area contributed by atoms with Gasteiger partial charge in [-0.25, -0.2) is 0 Å². The van der Waals surface area contributed by atoms with Gasteiger partial charge >= 0.3 is 0 Å². The van der Waals surface area contributed by atoms with Gasteiger partial charge in [-0.1, -0.05) is 24.3 Å². The summed E-state index contributed by atoms with van der Waals surface area (Å²) in [6.45, 7) is 5.21. The molecule has 168 valence electrons. The molecule has 4 amide bonds. The number of piperidine rings is 1. The first kappa shape index (κ1) is 22.0. The van der Waals surface area contributed by atoms with Crippen molar-refractivity contribution in [2.24, 2.45) is 5.92 Å². The third kappa shape index (κ3) is 4.24. The molecule has 0 spiro atoms. The topological polar surface area (TPSA) is 86.8 Å². The molecule has 0 bridgehead atoms. The smallest absolute Gasteiger partial charge is 0.261 e. The number of hydrogen-bond acceptors (Lipinski definition) is 4. The molecule has 2 aliphatic rings. The van der Waals surface area contributed by atoms with Crippen LogP contribution in [0.2, 0.25) is 0 Å². The standard InChI is InChI=1S/C25H29N3O4/c1-16(2)26-23(30)18-11-14-27(15-12-18)21(29)10-5-13-28-24(31)19-8-3-6-17-7-4-9-20(22(17)19)25(28)32/h3-4,6-9,16,18H,5,10-15H2,1-2H3,(H,26,30). The van der Waals surface area contributed by atoms with Gasteiger partial charge in [-0.3, -0.25) is 24.1 Å². The van der Waals surface area contributed by atoms with E-state index in [4.69, 9.17) is 0 Å². The number of hydrogen-bond donors (Lipinski definition) is 1. The summed E-state index contributed by atoms with van der Waals surface area (Å²) in [6.07, 6.45) is 2.01. The average Bonchev–Trinajstić information content (AvgIpc) is 2.79. The summed E-state index contributed by atoms with van der Waals surface area (Å²) in [5, 5.41) is 4.52. The second-order valence-corrected chi connectivity index (χ2v) is 8.89. The highest BCUT2D eigenvalue weighted by Crippen LogP contribution is 2.30.